The fraction of sp³-hybridized carbons (Fsp3) is 0.150. The van der Waals surface area contributed by atoms with E-state index < -0.39 is 17.6 Å². The molecule has 0 spiro atoms. The molecule has 2 N–H and O–H groups in total. The van der Waals surface area contributed by atoms with Crippen molar-refractivity contribution in [3.8, 4) is 17.1 Å². The summed E-state index contributed by atoms with van der Waals surface area (Å²) in [5.41, 5.74) is 0.702. The van der Waals surface area contributed by atoms with Crippen molar-refractivity contribution in [3.63, 3.8) is 0 Å². The lowest BCUT2D eigenvalue weighted by Crippen LogP contribution is -2.17. The monoisotopic (exact) mass is 474 g/mol. The summed E-state index contributed by atoms with van der Waals surface area (Å²) in [7, 11) is 3.11. The second kappa shape index (κ2) is 10.8. The summed E-state index contributed by atoms with van der Waals surface area (Å²) in [6.45, 7) is 0. The summed E-state index contributed by atoms with van der Waals surface area (Å²) in [6.07, 6.45) is -1.49. The molecule has 2 heterocycles. The normalized spacial score (nSPS) is 10.4. The van der Waals surface area contributed by atoms with E-state index in [4.69, 9.17) is 4.74 Å². The van der Waals surface area contributed by atoms with Crippen LogP contribution in [0.15, 0.2) is 54.9 Å². The number of aromatic nitrogens is 2. The molecule has 6 nitrogen and oxygen atoms in total. The Morgan fingerprint density at radius 2 is 1.81 bits per heavy atom. The number of benzene rings is 1. The van der Waals surface area contributed by atoms with Crippen LogP contribution < -0.4 is 15.4 Å². The number of alkyl halides is 3. The maximum atomic E-state index is 13.0. The van der Waals surface area contributed by atoms with Gasteiger partial charge in [-0.25, -0.2) is 4.98 Å². The topological polar surface area (TPSA) is 76.1 Å². The first-order valence-electron chi connectivity index (χ1n) is 8.49. The molecule has 0 unspecified atom stereocenters. The number of pyridine rings is 2. The average Bonchev–Trinajstić information content (AvgIpc) is 2.72. The third kappa shape index (κ3) is 5.99. The molecule has 166 valence electrons. The van der Waals surface area contributed by atoms with Gasteiger partial charge in [-0.05, 0) is 30.3 Å². The quantitative estimate of drug-likeness (QED) is 0.523. The summed E-state index contributed by atoms with van der Waals surface area (Å²) in [6, 6.07) is 9.34. The Labute approximate surface area is 189 Å². The van der Waals surface area contributed by atoms with Crippen LogP contribution in [0.4, 0.5) is 24.5 Å². The number of carbonyl (C=O) groups excluding carboxylic acids is 1. The first kappa shape index (κ1) is 26.0. The van der Waals surface area contributed by atoms with Crippen LogP contribution in [0.3, 0.4) is 0 Å². The molecule has 0 saturated heterocycles. The minimum Gasteiger partial charge on any atom is -0.481 e. The molecule has 31 heavy (non-hydrogen) atoms. The van der Waals surface area contributed by atoms with E-state index in [0.717, 1.165) is 12.1 Å². The van der Waals surface area contributed by atoms with Gasteiger partial charge < -0.3 is 15.4 Å². The Bertz CT molecular complexity index is 1030. The van der Waals surface area contributed by atoms with Crippen molar-refractivity contribution >= 4 is 42.1 Å². The fourth-order valence-corrected chi connectivity index (χ4v) is 2.73. The summed E-state index contributed by atoms with van der Waals surface area (Å²) in [5, 5.41) is 5.42. The molecule has 0 saturated carbocycles. The number of carbonyl (C=O) groups is 1. The lowest BCUT2D eigenvalue weighted by atomic mass is 10.0. The third-order valence-electron chi connectivity index (χ3n) is 4.11. The van der Waals surface area contributed by atoms with E-state index in [-0.39, 0.29) is 36.1 Å². The Morgan fingerprint density at radius 3 is 2.39 bits per heavy atom. The molecule has 0 fully saturated rings. The molecular formula is C20H19Cl2F3N4O2. The van der Waals surface area contributed by atoms with Crippen LogP contribution >= 0.6 is 24.8 Å². The van der Waals surface area contributed by atoms with E-state index in [9.17, 15) is 18.0 Å². The highest BCUT2D eigenvalue weighted by Crippen LogP contribution is 2.32. The van der Waals surface area contributed by atoms with Gasteiger partial charge >= 0.3 is 6.18 Å². The lowest BCUT2D eigenvalue weighted by Gasteiger charge is -2.15. The summed E-state index contributed by atoms with van der Waals surface area (Å²) in [4.78, 5) is 21.3. The second-order valence-electron chi connectivity index (χ2n) is 5.95. The van der Waals surface area contributed by atoms with Gasteiger partial charge in [0.05, 0.1) is 29.6 Å². The molecular weight excluding hydrogens is 456 g/mol. The number of hydrogen-bond acceptors (Lipinski definition) is 5. The highest BCUT2D eigenvalue weighted by molar-refractivity contribution is 6.11. The van der Waals surface area contributed by atoms with Crippen molar-refractivity contribution in [1.82, 2.24) is 9.97 Å². The molecule has 0 aliphatic carbocycles. The SMILES string of the molecule is CNc1ccnc(-c2ccc(OC)nc2)c1C(=O)Nc1cccc(C(F)(F)F)c1.Cl.Cl. The van der Waals surface area contributed by atoms with Crippen molar-refractivity contribution in [2.75, 3.05) is 24.8 Å². The standard InChI is InChI=1S/C20H17F3N4O2.2ClH/c1-24-15-8-9-25-18(12-6-7-16(29-2)26-11-12)17(15)19(28)27-14-5-3-4-13(10-14)20(21,22)23;;/h3-11H,1-2H3,(H,24,25)(H,27,28);2*1H. The number of nitrogens with one attached hydrogen (secondary N) is 2. The zero-order valence-corrected chi connectivity index (χ0v) is 18.0. The van der Waals surface area contributed by atoms with Gasteiger partial charge in [-0.15, -0.1) is 24.8 Å². The van der Waals surface area contributed by atoms with Crippen LogP contribution in [0.5, 0.6) is 5.88 Å². The molecule has 3 rings (SSSR count). The Balaban J connectivity index is 0.00000240. The first-order valence-corrected chi connectivity index (χ1v) is 8.49. The molecule has 1 aromatic carbocycles. The predicted molar refractivity (Wildman–Crippen MR) is 117 cm³/mol. The smallest absolute Gasteiger partial charge is 0.416 e. The highest BCUT2D eigenvalue weighted by Gasteiger charge is 2.30. The van der Waals surface area contributed by atoms with E-state index in [1.165, 1.54) is 31.6 Å². The van der Waals surface area contributed by atoms with Crippen LogP contribution in [0, 0.1) is 0 Å². The minimum atomic E-state index is -4.51. The van der Waals surface area contributed by atoms with Crippen LogP contribution in [0.2, 0.25) is 0 Å². The van der Waals surface area contributed by atoms with Crippen molar-refractivity contribution in [2.24, 2.45) is 0 Å². The zero-order valence-electron chi connectivity index (χ0n) is 16.4. The maximum absolute atomic E-state index is 13.0. The van der Waals surface area contributed by atoms with Crippen molar-refractivity contribution in [2.45, 2.75) is 6.18 Å². The van der Waals surface area contributed by atoms with E-state index in [0.29, 0.717) is 22.8 Å². The number of ether oxygens (including phenoxy) is 1. The van der Waals surface area contributed by atoms with E-state index >= 15 is 0 Å². The Hall–Kier alpha value is -3.04. The van der Waals surface area contributed by atoms with Gasteiger partial charge in [-0.2, -0.15) is 13.2 Å². The van der Waals surface area contributed by atoms with Crippen molar-refractivity contribution < 1.29 is 22.7 Å². The number of halogens is 5. The second-order valence-corrected chi connectivity index (χ2v) is 5.95. The van der Waals surface area contributed by atoms with Crippen LogP contribution in [0.1, 0.15) is 15.9 Å². The van der Waals surface area contributed by atoms with Gasteiger partial charge in [0.1, 0.15) is 0 Å². The number of hydrogen-bond donors (Lipinski definition) is 2. The minimum absolute atomic E-state index is 0. The van der Waals surface area contributed by atoms with Crippen molar-refractivity contribution in [3.05, 3.63) is 66.0 Å². The molecule has 0 bridgehead atoms. The predicted octanol–water partition coefficient (Wildman–Crippen LogP) is 5.31. The number of amides is 1. The van der Waals surface area contributed by atoms with Gasteiger partial charge in [0.2, 0.25) is 5.88 Å². The molecule has 11 heteroatoms. The average molecular weight is 475 g/mol. The molecule has 3 aromatic rings. The van der Waals surface area contributed by atoms with Crippen LogP contribution in [-0.4, -0.2) is 30.0 Å². The van der Waals surface area contributed by atoms with Gasteiger partial charge in [0.25, 0.3) is 5.91 Å². The summed E-state index contributed by atoms with van der Waals surface area (Å²) in [5.74, 6) is -0.207. The molecule has 0 aliphatic heterocycles. The fourth-order valence-electron chi connectivity index (χ4n) is 2.73. The zero-order chi connectivity index (χ0) is 21.0. The van der Waals surface area contributed by atoms with E-state index in [1.807, 2.05) is 0 Å². The number of methoxy groups -OCH3 is 1. The first-order chi connectivity index (χ1) is 13.8. The van der Waals surface area contributed by atoms with Gasteiger partial charge in [-0.3, -0.25) is 9.78 Å². The highest BCUT2D eigenvalue weighted by atomic mass is 35.5. The summed E-state index contributed by atoms with van der Waals surface area (Å²) >= 11 is 0. The summed E-state index contributed by atoms with van der Waals surface area (Å²) < 4.78 is 43.9. The van der Waals surface area contributed by atoms with E-state index in [1.54, 1.807) is 25.2 Å². The maximum Gasteiger partial charge on any atom is 0.416 e. The van der Waals surface area contributed by atoms with Crippen molar-refractivity contribution in [1.29, 1.82) is 0 Å². The largest absolute Gasteiger partial charge is 0.481 e. The van der Waals surface area contributed by atoms with Crippen LogP contribution in [0.25, 0.3) is 11.3 Å². The number of anilines is 2. The molecule has 2 aromatic heterocycles. The Morgan fingerprint density at radius 1 is 1.06 bits per heavy atom. The van der Waals surface area contributed by atoms with Gasteiger partial charge in [0, 0.05) is 36.8 Å². The number of nitrogens with zero attached hydrogens (tertiary/aromatic N) is 2. The molecule has 0 radical (unpaired) electrons. The van der Waals surface area contributed by atoms with E-state index in [2.05, 4.69) is 20.6 Å². The molecule has 1 amide bonds. The van der Waals surface area contributed by atoms with Gasteiger partial charge in [0.15, 0.2) is 0 Å². The van der Waals surface area contributed by atoms with Crippen LogP contribution in [-0.2, 0) is 6.18 Å². The molecule has 0 atom stereocenters. The molecule has 0 aliphatic rings. The van der Waals surface area contributed by atoms with Gasteiger partial charge in [-0.1, -0.05) is 6.07 Å². The number of rotatable bonds is 5. The lowest BCUT2D eigenvalue weighted by molar-refractivity contribution is -0.137. The Kier molecular flexibility index (Phi) is 9.08. The third-order valence-corrected chi connectivity index (χ3v) is 4.11.